The predicted molar refractivity (Wildman–Crippen MR) is 77.6 cm³/mol. The average molecular weight is 303 g/mol. The Kier molecular flexibility index (Phi) is 6.95. The molecular formula is C13H23ClN4O2. The number of rotatable bonds is 6. The third kappa shape index (κ3) is 4.76. The molecule has 1 amide bonds. The predicted octanol–water partition coefficient (Wildman–Crippen LogP) is 1.23. The summed E-state index contributed by atoms with van der Waals surface area (Å²) in [5, 5.41) is 6.73. The fraction of sp³-hybridized carbons (Fsp3) is 0.769. The number of hydrogen-bond donors (Lipinski definition) is 2. The van der Waals surface area contributed by atoms with Crippen LogP contribution in [-0.2, 0) is 17.6 Å². The molecule has 0 bridgehead atoms. The number of amides is 1. The third-order valence-corrected chi connectivity index (χ3v) is 3.65. The second-order valence-electron chi connectivity index (χ2n) is 5.12. The lowest BCUT2D eigenvalue weighted by atomic mass is 10.00. The van der Waals surface area contributed by atoms with Gasteiger partial charge in [0, 0.05) is 31.8 Å². The molecule has 1 aromatic heterocycles. The first kappa shape index (κ1) is 16.9. The van der Waals surface area contributed by atoms with Crippen molar-refractivity contribution in [1.29, 1.82) is 0 Å². The second kappa shape index (κ2) is 8.21. The molecule has 0 unspecified atom stereocenters. The van der Waals surface area contributed by atoms with E-state index in [1.54, 1.807) is 0 Å². The molecule has 6 nitrogen and oxygen atoms in total. The van der Waals surface area contributed by atoms with Crippen LogP contribution in [0.4, 0.5) is 0 Å². The molecule has 1 aliphatic carbocycles. The smallest absolute Gasteiger partial charge is 0.226 e. The normalized spacial score (nSPS) is 21.5. The highest BCUT2D eigenvalue weighted by molar-refractivity contribution is 5.85. The molecule has 20 heavy (non-hydrogen) atoms. The number of nitrogens with one attached hydrogen (secondary N) is 1. The minimum atomic E-state index is 0. The molecule has 1 aromatic rings. The van der Waals surface area contributed by atoms with Crippen LogP contribution < -0.4 is 11.1 Å². The van der Waals surface area contributed by atoms with Crippen molar-refractivity contribution in [1.82, 2.24) is 15.5 Å². The van der Waals surface area contributed by atoms with Gasteiger partial charge in [-0.1, -0.05) is 18.5 Å². The number of carbonyl (C=O) groups excluding carboxylic acids is 1. The zero-order valence-corrected chi connectivity index (χ0v) is 12.6. The molecule has 0 spiro atoms. The van der Waals surface area contributed by atoms with E-state index in [9.17, 15) is 4.79 Å². The summed E-state index contributed by atoms with van der Waals surface area (Å²) in [6.45, 7) is 2.51. The molecular weight excluding hydrogens is 280 g/mol. The van der Waals surface area contributed by atoms with Crippen LogP contribution in [0.3, 0.4) is 0 Å². The summed E-state index contributed by atoms with van der Waals surface area (Å²) in [6, 6.07) is 0.190. The second-order valence-corrected chi connectivity index (χ2v) is 5.12. The van der Waals surface area contributed by atoms with Gasteiger partial charge in [-0.15, -0.1) is 12.4 Å². The summed E-state index contributed by atoms with van der Waals surface area (Å²) >= 11 is 0. The van der Waals surface area contributed by atoms with E-state index in [-0.39, 0.29) is 24.4 Å². The monoisotopic (exact) mass is 302 g/mol. The largest absolute Gasteiger partial charge is 0.356 e. The average Bonchev–Trinajstić information content (AvgIpc) is 2.99. The van der Waals surface area contributed by atoms with Crippen molar-refractivity contribution < 1.29 is 9.32 Å². The number of nitrogens with zero attached hydrogens (tertiary/aromatic N) is 2. The van der Waals surface area contributed by atoms with Gasteiger partial charge in [0.15, 0.2) is 5.82 Å². The minimum absolute atomic E-state index is 0. The maximum absolute atomic E-state index is 11.8. The number of hydrogen-bond acceptors (Lipinski definition) is 5. The Hall–Kier alpha value is -1.14. The van der Waals surface area contributed by atoms with Crippen molar-refractivity contribution >= 4 is 18.3 Å². The van der Waals surface area contributed by atoms with Crippen LogP contribution in [0.25, 0.3) is 0 Å². The zero-order chi connectivity index (χ0) is 13.7. The highest BCUT2D eigenvalue weighted by atomic mass is 35.5. The van der Waals surface area contributed by atoms with Crippen molar-refractivity contribution in [3.05, 3.63) is 11.7 Å². The van der Waals surface area contributed by atoms with Gasteiger partial charge in [0.2, 0.25) is 11.8 Å². The number of nitrogens with two attached hydrogens (primary N) is 1. The number of carbonyl (C=O) groups is 1. The number of aromatic nitrogens is 2. The van der Waals surface area contributed by atoms with Crippen molar-refractivity contribution in [3.8, 4) is 0 Å². The Morgan fingerprint density at radius 3 is 2.90 bits per heavy atom. The van der Waals surface area contributed by atoms with Gasteiger partial charge in [-0.3, -0.25) is 4.79 Å². The van der Waals surface area contributed by atoms with Crippen LogP contribution in [0.5, 0.6) is 0 Å². The first-order chi connectivity index (χ1) is 9.19. The number of halogens is 1. The van der Waals surface area contributed by atoms with Gasteiger partial charge < -0.3 is 15.6 Å². The Morgan fingerprint density at radius 1 is 1.50 bits per heavy atom. The minimum Gasteiger partial charge on any atom is -0.356 e. The van der Waals surface area contributed by atoms with Crippen molar-refractivity contribution in [2.24, 2.45) is 11.7 Å². The van der Waals surface area contributed by atoms with E-state index in [1.807, 2.05) is 6.92 Å². The summed E-state index contributed by atoms with van der Waals surface area (Å²) < 4.78 is 5.00. The molecule has 2 rings (SSSR count). The molecule has 1 fully saturated rings. The van der Waals surface area contributed by atoms with E-state index in [2.05, 4.69) is 15.5 Å². The molecule has 1 saturated carbocycles. The van der Waals surface area contributed by atoms with Gasteiger partial charge in [0.1, 0.15) is 0 Å². The fourth-order valence-corrected chi connectivity index (χ4v) is 2.48. The Balaban J connectivity index is 0.00000200. The highest BCUT2D eigenvalue weighted by Gasteiger charge is 2.25. The van der Waals surface area contributed by atoms with E-state index in [4.69, 9.17) is 10.3 Å². The van der Waals surface area contributed by atoms with Gasteiger partial charge in [0.05, 0.1) is 0 Å². The summed E-state index contributed by atoms with van der Waals surface area (Å²) in [5.74, 6) is 1.70. The standard InChI is InChI=1S/C13H22N4O2.ClH/c1-2-13-16-11(17-19-13)6-7-15-12(18)8-9-4-3-5-10(9)14;/h9-10H,2-8,14H2,1H3,(H,15,18);1H/t9-,10+;/m0./s1. The quantitative estimate of drug-likeness (QED) is 0.824. The van der Waals surface area contributed by atoms with E-state index < -0.39 is 0 Å². The molecule has 0 aliphatic heterocycles. The lowest BCUT2D eigenvalue weighted by molar-refractivity contribution is -0.122. The Labute approximate surface area is 125 Å². The molecule has 1 heterocycles. The van der Waals surface area contributed by atoms with Crippen molar-refractivity contribution in [2.75, 3.05) is 6.54 Å². The zero-order valence-electron chi connectivity index (χ0n) is 11.8. The third-order valence-electron chi connectivity index (χ3n) is 3.65. The molecule has 114 valence electrons. The van der Waals surface area contributed by atoms with Crippen LogP contribution in [0, 0.1) is 5.92 Å². The molecule has 0 saturated heterocycles. The fourth-order valence-electron chi connectivity index (χ4n) is 2.48. The van der Waals surface area contributed by atoms with Crippen LogP contribution in [0.1, 0.15) is 44.3 Å². The van der Waals surface area contributed by atoms with E-state index in [0.717, 1.165) is 25.7 Å². The highest BCUT2D eigenvalue weighted by Crippen LogP contribution is 2.26. The Morgan fingerprint density at radius 2 is 2.30 bits per heavy atom. The maximum atomic E-state index is 11.8. The van der Waals surface area contributed by atoms with Crippen LogP contribution in [0.15, 0.2) is 4.52 Å². The van der Waals surface area contributed by atoms with Gasteiger partial charge in [-0.25, -0.2) is 0 Å². The number of aryl methyl sites for hydroxylation is 1. The first-order valence-electron chi connectivity index (χ1n) is 7.02. The van der Waals surface area contributed by atoms with Crippen LogP contribution >= 0.6 is 12.4 Å². The molecule has 7 heteroatoms. The molecule has 1 aliphatic rings. The van der Waals surface area contributed by atoms with E-state index >= 15 is 0 Å². The molecule has 2 atom stereocenters. The summed E-state index contributed by atoms with van der Waals surface area (Å²) in [5.41, 5.74) is 5.95. The van der Waals surface area contributed by atoms with Crippen LogP contribution in [0.2, 0.25) is 0 Å². The van der Waals surface area contributed by atoms with Gasteiger partial charge in [-0.2, -0.15) is 4.98 Å². The maximum Gasteiger partial charge on any atom is 0.226 e. The summed E-state index contributed by atoms with van der Waals surface area (Å²) in [4.78, 5) is 16.0. The van der Waals surface area contributed by atoms with E-state index in [0.29, 0.717) is 37.0 Å². The van der Waals surface area contributed by atoms with Crippen molar-refractivity contribution in [3.63, 3.8) is 0 Å². The van der Waals surface area contributed by atoms with Gasteiger partial charge >= 0.3 is 0 Å². The van der Waals surface area contributed by atoms with Gasteiger partial charge in [-0.05, 0) is 18.8 Å². The van der Waals surface area contributed by atoms with Gasteiger partial charge in [0.25, 0.3) is 0 Å². The molecule has 0 radical (unpaired) electrons. The SMILES string of the molecule is CCc1nc(CCNC(=O)C[C@@H]2CCC[C@H]2N)no1.Cl. The topological polar surface area (TPSA) is 94.0 Å². The van der Waals surface area contributed by atoms with E-state index in [1.165, 1.54) is 0 Å². The molecule has 0 aromatic carbocycles. The first-order valence-corrected chi connectivity index (χ1v) is 7.02. The van der Waals surface area contributed by atoms with Crippen molar-refractivity contribution in [2.45, 2.75) is 51.5 Å². The Bertz CT molecular complexity index is 424. The summed E-state index contributed by atoms with van der Waals surface area (Å²) in [7, 11) is 0. The lowest BCUT2D eigenvalue weighted by Crippen LogP contribution is -2.32. The van der Waals surface area contributed by atoms with Crippen LogP contribution in [-0.4, -0.2) is 28.6 Å². The molecule has 3 N–H and O–H groups in total. The summed E-state index contributed by atoms with van der Waals surface area (Å²) in [6.07, 6.45) is 5.13. The lowest BCUT2D eigenvalue weighted by Gasteiger charge is -2.14.